The standard InChI is InChI=1S/C13H21N3O2/c1-8-9(2)15-16(10(8)3)7-13(14,11-5-6-11)12(17)18-4/h11H,5-7,14H2,1-4H3. The van der Waals surface area contributed by atoms with Gasteiger partial charge < -0.3 is 10.5 Å². The number of nitrogens with two attached hydrogens (primary N) is 1. The summed E-state index contributed by atoms with van der Waals surface area (Å²) in [6.07, 6.45) is 1.98. The molecule has 1 aliphatic carbocycles. The topological polar surface area (TPSA) is 70.1 Å². The SMILES string of the molecule is COC(=O)C(N)(Cn1nc(C)c(C)c1C)C1CC1. The molecule has 0 aromatic carbocycles. The lowest BCUT2D eigenvalue weighted by Crippen LogP contribution is -2.54. The highest BCUT2D eigenvalue weighted by Crippen LogP contribution is 2.40. The molecule has 1 aromatic heterocycles. The van der Waals surface area contributed by atoms with Gasteiger partial charge in [-0.25, -0.2) is 4.79 Å². The number of carbonyl (C=O) groups excluding carboxylic acids is 1. The average Bonchev–Trinajstić information content (AvgIpc) is 3.15. The van der Waals surface area contributed by atoms with Crippen molar-refractivity contribution in [2.45, 2.75) is 45.7 Å². The van der Waals surface area contributed by atoms with Gasteiger partial charge in [0.15, 0.2) is 0 Å². The second-order valence-electron chi connectivity index (χ2n) is 5.26. The number of rotatable bonds is 4. The zero-order chi connectivity index (χ0) is 13.5. The summed E-state index contributed by atoms with van der Waals surface area (Å²) >= 11 is 0. The fraction of sp³-hybridized carbons (Fsp3) is 0.692. The Morgan fingerprint density at radius 1 is 1.50 bits per heavy atom. The summed E-state index contributed by atoms with van der Waals surface area (Å²) < 4.78 is 6.69. The summed E-state index contributed by atoms with van der Waals surface area (Å²) in [5.74, 6) is -0.121. The summed E-state index contributed by atoms with van der Waals surface area (Å²) in [5, 5.41) is 4.45. The number of hydrogen-bond acceptors (Lipinski definition) is 4. The van der Waals surface area contributed by atoms with Crippen LogP contribution in [-0.4, -0.2) is 28.4 Å². The Bertz CT molecular complexity index is 477. The third-order valence-corrected chi connectivity index (χ3v) is 4.03. The summed E-state index contributed by atoms with van der Waals surface area (Å²) in [7, 11) is 1.39. The molecule has 0 spiro atoms. The maximum absolute atomic E-state index is 11.9. The van der Waals surface area contributed by atoms with E-state index in [4.69, 9.17) is 10.5 Å². The molecule has 2 rings (SSSR count). The molecule has 1 aromatic rings. The van der Waals surface area contributed by atoms with Gasteiger partial charge in [0.05, 0.1) is 19.3 Å². The lowest BCUT2D eigenvalue weighted by atomic mass is 9.94. The Balaban J connectivity index is 2.29. The number of nitrogens with zero attached hydrogens (tertiary/aromatic N) is 2. The fourth-order valence-electron chi connectivity index (χ4n) is 2.34. The molecule has 1 aliphatic rings. The van der Waals surface area contributed by atoms with Crippen LogP contribution in [0.2, 0.25) is 0 Å². The Morgan fingerprint density at radius 2 is 2.11 bits per heavy atom. The van der Waals surface area contributed by atoms with E-state index in [0.29, 0.717) is 6.54 Å². The number of ether oxygens (including phenoxy) is 1. The third kappa shape index (κ3) is 2.03. The maximum atomic E-state index is 11.9. The predicted molar refractivity (Wildman–Crippen MR) is 68.1 cm³/mol. The Hall–Kier alpha value is -1.36. The lowest BCUT2D eigenvalue weighted by molar-refractivity contribution is -0.148. The Morgan fingerprint density at radius 3 is 2.50 bits per heavy atom. The van der Waals surface area contributed by atoms with Gasteiger partial charge in [-0.2, -0.15) is 5.10 Å². The van der Waals surface area contributed by atoms with Gasteiger partial charge >= 0.3 is 5.97 Å². The van der Waals surface area contributed by atoms with Crippen LogP contribution in [0.3, 0.4) is 0 Å². The second kappa shape index (κ2) is 4.39. The predicted octanol–water partition coefficient (Wildman–Crippen LogP) is 1.09. The summed E-state index contributed by atoms with van der Waals surface area (Å²) in [6.45, 7) is 6.39. The van der Waals surface area contributed by atoms with Gasteiger partial charge in [-0.3, -0.25) is 4.68 Å². The summed E-state index contributed by atoms with van der Waals surface area (Å²) in [4.78, 5) is 11.9. The molecule has 5 nitrogen and oxygen atoms in total. The monoisotopic (exact) mass is 251 g/mol. The van der Waals surface area contributed by atoms with Gasteiger partial charge in [0.2, 0.25) is 0 Å². The lowest BCUT2D eigenvalue weighted by Gasteiger charge is -2.26. The second-order valence-corrected chi connectivity index (χ2v) is 5.26. The van der Waals surface area contributed by atoms with Crippen LogP contribution in [0.1, 0.15) is 29.8 Å². The van der Waals surface area contributed by atoms with Gasteiger partial charge in [-0.05, 0) is 45.1 Å². The van der Waals surface area contributed by atoms with Crippen LogP contribution in [-0.2, 0) is 16.1 Å². The van der Waals surface area contributed by atoms with Crippen molar-refractivity contribution >= 4 is 5.97 Å². The molecule has 0 aliphatic heterocycles. The van der Waals surface area contributed by atoms with E-state index in [1.807, 2.05) is 25.5 Å². The molecule has 1 atom stereocenters. The van der Waals surface area contributed by atoms with Crippen LogP contribution in [0.15, 0.2) is 0 Å². The van der Waals surface area contributed by atoms with E-state index in [9.17, 15) is 4.79 Å². The average molecular weight is 251 g/mol. The zero-order valence-corrected chi connectivity index (χ0v) is 11.5. The summed E-state index contributed by atoms with van der Waals surface area (Å²) in [5.41, 5.74) is 8.54. The minimum atomic E-state index is -0.940. The maximum Gasteiger partial charge on any atom is 0.328 e. The van der Waals surface area contributed by atoms with Crippen LogP contribution in [0.5, 0.6) is 0 Å². The first kappa shape index (κ1) is 13.1. The van der Waals surface area contributed by atoms with Gasteiger partial charge in [0, 0.05) is 5.69 Å². The highest BCUT2D eigenvalue weighted by molar-refractivity contribution is 5.81. The number of esters is 1. The molecule has 0 amide bonds. The normalized spacial score (nSPS) is 18.5. The van der Waals surface area contributed by atoms with Gasteiger partial charge in [-0.1, -0.05) is 0 Å². The van der Waals surface area contributed by atoms with E-state index >= 15 is 0 Å². The molecule has 100 valence electrons. The van der Waals surface area contributed by atoms with Crippen LogP contribution in [0.25, 0.3) is 0 Å². The van der Waals surface area contributed by atoms with Crippen molar-refractivity contribution in [3.8, 4) is 0 Å². The largest absolute Gasteiger partial charge is 0.468 e. The van der Waals surface area contributed by atoms with Crippen LogP contribution in [0.4, 0.5) is 0 Å². The van der Waals surface area contributed by atoms with Gasteiger partial charge in [0.25, 0.3) is 0 Å². The van der Waals surface area contributed by atoms with Gasteiger partial charge in [0.1, 0.15) is 5.54 Å². The zero-order valence-electron chi connectivity index (χ0n) is 11.5. The van der Waals surface area contributed by atoms with Crippen LogP contribution < -0.4 is 5.73 Å². The molecule has 2 N–H and O–H groups in total. The van der Waals surface area contributed by atoms with Crippen molar-refractivity contribution < 1.29 is 9.53 Å². The van der Waals surface area contributed by atoms with Crippen LogP contribution >= 0.6 is 0 Å². The number of methoxy groups -OCH3 is 1. The molecule has 0 radical (unpaired) electrons. The van der Waals surface area contributed by atoms with Crippen molar-refractivity contribution in [1.82, 2.24) is 9.78 Å². The Kier molecular flexibility index (Phi) is 3.19. The fourth-order valence-corrected chi connectivity index (χ4v) is 2.34. The number of aryl methyl sites for hydroxylation is 1. The number of aromatic nitrogens is 2. The molecule has 1 unspecified atom stereocenters. The molecule has 1 heterocycles. The molecule has 1 saturated carbocycles. The van der Waals surface area contributed by atoms with E-state index in [2.05, 4.69) is 5.10 Å². The molecule has 0 bridgehead atoms. The smallest absolute Gasteiger partial charge is 0.328 e. The van der Waals surface area contributed by atoms with Crippen molar-refractivity contribution in [2.24, 2.45) is 11.7 Å². The first-order valence-corrected chi connectivity index (χ1v) is 6.28. The highest BCUT2D eigenvalue weighted by Gasteiger charge is 2.49. The first-order chi connectivity index (χ1) is 8.40. The first-order valence-electron chi connectivity index (χ1n) is 6.28. The minimum Gasteiger partial charge on any atom is -0.468 e. The minimum absolute atomic E-state index is 0.217. The van der Waals surface area contributed by atoms with Crippen molar-refractivity contribution in [1.29, 1.82) is 0 Å². The van der Waals surface area contributed by atoms with E-state index < -0.39 is 5.54 Å². The molecular weight excluding hydrogens is 230 g/mol. The number of hydrogen-bond donors (Lipinski definition) is 1. The van der Waals surface area contributed by atoms with E-state index in [-0.39, 0.29) is 11.9 Å². The van der Waals surface area contributed by atoms with Crippen LogP contribution in [0, 0.1) is 26.7 Å². The molecule has 5 heteroatoms. The molecule has 0 saturated heterocycles. The van der Waals surface area contributed by atoms with E-state index in [1.54, 1.807) is 0 Å². The highest BCUT2D eigenvalue weighted by atomic mass is 16.5. The van der Waals surface area contributed by atoms with Gasteiger partial charge in [-0.15, -0.1) is 0 Å². The summed E-state index contributed by atoms with van der Waals surface area (Å²) in [6, 6.07) is 0. The third-order valence-electron chi connectivity index (χ3n) is 4.03. The molecular formula is C13H21N3O2. The van der Waals surface area contributed by atoms with Crippen molar-refractivity contribution in [2.75, 3.05) is 7.11 Å². The van der Waals surface area contributed by atoms with E-state index in [1.165, 1.54) is 7.11 Å². The number of carbonyl (C=O) groups is 1. The Labute approximate surface area is 107 Å². The van der Waals surface area contributed by atoms with E-state index in [0.717, 1.165) is 29.8 Å². The molecule has 1 fully saturated rings. The quantitative estimate of drug-likeness (QED) is 0.813. The van der Waals surface area contributed by atoms with Crippen molar-refractivity contribution in [3.05, 3.63) is 17.0 Å². The molecule has 18 heavy (non-hydrogen) atoms. The van der Waals surface area contributed by atoms with Crippen molar-refractivity contribution in [3.63, 3.8) is 0 Å².